The molecule has 1 fully saturated rings. The molecule has 7 nitrogen and oxygen atoms in total. The summed E-state index contributed by atoms with van der Waals surface area (Å²) in [6, 6.07) is 9.05. The van der Waals surface area contributed by atoms with Crippen LogP contribution in [0.3, 0.4) is 0 Å². The molecule has 0 bridgehead atoms. The number of halogens is 4. The summed E-state index contributed by atoms with van der Waals surface area (Å²) in [5.41, 5.74) is 1.12. The van der Waals surface area contributed by atoms with Gasteiger partial charge in [-0.25, -0.2) is 17.9 Å². The maximum atomic E-state index is 13.5. The standard InChI is InChI=1S/C25H25F4N3O4S2/c26-15-36-22-13-17(38(30,33)34)6-7-20(22)31-10-2-5-23-19(14-25(27,28)29)18-3-1-4-21(24(18)37-23)32-16-8-11-35-12-9-16/h1,3-4,6-7,13,16,31-32H,8-12,14-15H2,(H2,30,33,34). The Labute approximate surface area is 221 Å². The lowest BCUT2D eigenvalue weighted by Gasteiger charge is -2.24. The highest BCUT2D eigenvalue weighted by Gasteiger charge is 2.31. The van der Waals surface area contributed by atoms with E-state index in [1.807, 2.05) is 6.07 Å². The van der Waals surface area contributed by atoms with Crippen molar-refractivity contribution in [1.29, 1.82) is 0 Å². The lowest BCUT2D eigenvalue weighted by atomic mass is 10.1. The van der Waals surface area contributed by atoms with Gasteiger partial charge in [0.25, 0.3) is 0 Å². The minimum Gasteiger partial charge on any atom is -0.461 e. The number of primary sulfonamides is 1. The van der Waals surface area contributed by atoms with E-state index in [0.29, 0.717) is 28.2 Å². The monoisotopic (exact) mass is 571 g/mol. The summed E-state index contributed by atoms with van der Waals surface area (Å²) in [5, 5.41) is 11.9. The molecule has 1 aliphatic rings. The van der Waals surface area contributed by atoms with Crippen molar-refractivity contribution in [2.75, 3.05) is 37.3 Å². The Balaban J connectivity index is 1.60. The van der Waals surface area contributed by atoms with Gasteiger partial charge in [0.15, 0.2) is 0 Å². The summed E-state index contributed by atoms with van der Waals surface area (Å²) >= 11 is 1.19. The van der Waals surface area contributed by atoms with E-state index < -0.39 is 29.5 Å². The molecule has 0 amide bonds. The fraction of sp³-hybridized carbons (Fsp3) is 0.360. The molecule has 0 radical (unpaired) electrons. The van der Waals surface area contributed by atoms with Crippen LogP contribution >= 0.6 is 11.3 Å². The van der Waals surface area contributed by atoms with Gasteiger partial charge in [-0.3, -0.25) is 0 Å². The summed E-state index contributed by atoms with van der Waals surface area (Å²) in [5.74, 6) is 5.55. The summed E-state index contributed by atoms with van der Waals surface area (Å²) in [6.45, 7) is 0.0273. The molecule has 38 heavy (non-hydrogen) atoms. The van der Waals surface area contributed by atoms with Gasteiger partial charge in [-0.1, -0.05) is 24.0 Å². The molecule has 3 aromatic rings. The smallest absolute Gasteiger partial charge is 0.393 e. The molecule has 204 valence electrons. The summed E-state index contributed by atoms with van der Waals surface area (Å²) in [7, 11) is -4.03. The van der Waals surface area contributed by atoms with Crippen LogP contribution in [-0.2, 0) is 21.2 Å². The van der Waals surface area contributed by atoms with Gasteiger partial charge < -0.3 is 20.1 Å². The number of hydrogen-bond acceptors (Lipinski definition) is 7. The number of thiophene rings is 1. The fourth-order valence-corrected chi connectivity index (χ4v) is 5.79. The number of nitrogens with two attached hydrogens (primary N) is 1. The molecule has 0 aliphatic carbocycles. The van der Waals surface area contributed by atoms with Crippen LogP contribution in [0.1, 0.15) is 23.3 Å². The number of sulfonamides is 1. The maximum Gasteiger partial charge on any atom is 0.393 e. The van der Waals surface area contributed by atoms with Crippen LogP contribution in [0.15, 0.2) is 41.3 Å². The Hall–Kier alpha value is -3.05. The van der Waals surface area contributed by atoms with Gasteiger partial charge in [0.2, 0.25) is 16.9 Å². The zero-order valence-corrected chi connectivity index (χ0v) is 21.7. The van der Waals surface area contributed by atoms with E-state index in [1.54, 1.807) is 12.1 Å². The van der Waals surface area contributed by atoms with Gasteiger partial charge in [0, 0.05) is 25.3 Å². The van der Waals surface area contributed by atoms with E-state index in [9.17, 15) is 26.0 Å². The molecule has 13 heteroatoms. The second-order valence-corrected chi connectivity index (χ2v) is 11.1. The molecule has 2 aromatic carbocycles. The van der Waals surface area contributed by atoms with Gasteiger partial charge in [-0.15, -0.1) is 11.3 Å². The van der Waals surface area contributed by atoms with Gasteiger partial charge in [-0.2, -0.15) is 13.2 Å². The second-order valence-electron chi connectivity index (χ2n) is 8.53. The Kier molecular flexibility index (Phi) is 8.67. The normalized spacial score (nSPS) is 14.7. The molecule has 0 atom stereocenters. The van der Waals surface area contributed by atoms with Crippen LogP contribution in [0.5, 0.6) is 5.75 Å². The van der Waals surface area contributed by atoms with Crippen LogP contribution in [0.2, 0.25) is 0 Å². The van der Waals surface area contributed by atoms with Crippen molar-refractivity contribution in [3.8, 4) is 17.6 Å². The third-order valence-electron chi connectivity index (χ3n) is 5.84. The van der Waals surface area contributed by atoms with Gasteiger partial charge >= 0.3 is 6.18 Å². The predicted molar refractivity (Wildman–Crippen MR) is 139 cm³/mol. The lowest BCUT2D eigenvalue weighted by molar-refractivity contribution is -0.126. The summed E-state index contributed by atoms with van der Waals surface area (Å²) in [4.78, 5) is 0.0370. The number of fused-ring (bicyclic) bond motifs is 1. The van der Waals surface area contributed by atoms with E-state index in [2.05, 4.69) is 22.5 Å². The lowest BCUT2D eigenvalue weighted by Crippen LogP contribution is -2.27. The van der Waals surface area contributed by atoms with Crippen molar-refractivity contribution in [2.45, 2.75) is 36.4 Å². The summed E-state index contributed by atoms with van der Waals surface area (Å²) in [6.07, 6.45) is -3.92. The van der Waals surface area contributed by atoms with E-state index in [-0.39, 0.29) is 34.5 Å². The molecule has 2 heterocycles. The van der Waals surface area contributed by atoms with Gasteiger partial charge in [-0.05, 0) is 42.0 Å². The molecule has 1 aromatic heterocycles. The van der Waals surface area contributed by atoms with Crippen molar-refractivity contribution in [3.05, 3.63) is 46.8 Å². The zero-order valence-electron chi connectivity index (χ0n) is 20.0. The minimum atomic E-state index is -4.42. The van der Waals surface area contributed by atoms with E-state index in [4.69, 9.17) is 14.6 Å². The minimum absolute atomic E-state index is 0.0236. The zero-order chi connectivity index (χ0) is 27.3. The molecule has 0 saturated carbocycles. The quantitative estimate of drug-likeness (QED) is 0.260. The van der Waals surface area contributed by atoms with Crippen molar-refractivity contribution in [1.82, 2.24) is 0 Å². The topological polar surface area (TPSA) is 103 Å². The highest BCUT2D eigenvalue weighted by Crippen LogP contribution is 2.39. The third-order valence-corrected chi connectivity index (χ3v) is 7.94. The Morgan fingerprint density at radius 2 is 1.92 bits per heavy atom. The van der Waals surface area contributed by atoms with Crippen molar-refractivity contribution < 1.29 is 35.5 Å². The largest absolute Gasteiger partial charge is 0.461 e. The van der Waals surface area contributed by atoms with Crippen molar-refractivity contribution in [2.24, 2.45) is 5.14 Å². The van der Waals surface area contributed by atoms with E-state index in [0.717, 1.165) is 24.6 Å². The van der Waals surface area contributed by atoms with Crippen molar-refractivity contribution >= 4 is 42.8 Å². The highest BCUT2D eigenvalue weighted by molar-refractivity contribution is 7.89. The molecule has 4 N–H and O–H groups in total. The molecule has 1 saturated heterocycles. The SMILES string of the molecule is NS(=O)(=O)c1ccc(NCC#Cc2sc3c(NC4CCOCC4)cccc3c2CC(F)(F)F)c(OCF)c1. The average molecular weight is 572 g/mol. The number of rotatable bonds is 8. The van der Waals surface area contributed by atoms with Gasteiger partial charge in [0.1, 0.15) is 5.75 Å². The van der Waals surface area contributed by atoms with Crippen LogP contribution in [-0.4, -0.2) is 47.3 Å². The van der Waals surface area contributed by atoms with Crippen molar-refractivity contribution in [3.63, 3.8) is 0 Å². The maximum absolute atomic E-state index is 13.5. The van der Waals surface area contributed by atoms with E-state index >= 15 is 0 Å². The van der Waals surface area contributed by atoms with E-state index in [1.165, 1.54) is 23.5 Å². The molecule has 0 spiro atoms. The predicted octanol–water partition coefficient (Wildman–Crippen LogP) is 5.01. The summed E-state index contributed by atoms with van der Waals surface area (Å²) < 4.78 is 87.2. The molecule has 1 aliphatic heterocycles. The highest BCUT2D eigenvalue weighted by atomic mass is 32.2. The molecule has 0 unspecified atom stereocenters. The average Bonchev–Trinajstić information content (AvgIpc) is 3.19. The van der Waals surface area contributed by atoms with Crippen LogP contribution < -0.4 is 20.5 Å². The number of nitrogens with one attached hydrogen (secondary N) is 2. The molecule has 4 rings (SSSR count). The molecular weight excluding hydrogens is 546 g/mol. The van der Waals surface area contributed by atoms with Crippen LogP contribution in [0.25, 0.3) is 10.1 Å². The first kappa shape index (κ1) is 28.0. The van der Waals surface area contributed by atoms with Crippen LogP contribution in [0.4, 0.5) is 28.9 Å². The number of benzene rings is 2. The first-order valence-electron chi connectivity index (χ1n) is 11.6. The molecular formula is C25H25F4N3O4S2. The Bertz CT molecular complexity index is 1460. The third kappa shape index (κ3) is 7.08. The first-order chi connectivity index (χ1) is 18.0. The van der Waals surface area contributed by atoms with Crippen LogP contribution in [0, 0.1) is 11.8 Å². The Morgan fingerprint density at radius 3 is 2.61 bits per heavy atom. The first-order valence-corrected chi connectivity index (χ1v) is 14.0. The fourth-order valence-electron chi connectivity index (χ4n) is 4.09. The number of ether oxygens (including phenoxy) is 2. The second kappa shape index (κ2) is 11.8. The number of hydrogen-bond donors (Lipinski definition) is 3. The Morgan fingerprint density at radius 1 is 1.16 bits per heavy atom. The number of alkyl halides is 4. The van der Waals surface area contributed by atoms with Gasteiger partial charge in [0.05, 0.1) is 38.8 Å². The number of anilines is 2.